The largest absolute Gasteiger partial charge is 0.243 e. The fourth-order valence-electron chi connectivity index (χ4n) is 1.85. The smallest absolute Gasteiger partial charge is 0.212 e. The zero-order valence-corrected chi connectivity index (χ0v) is 11.3. The molecule has 3 aromatic rings. The molecule has 0 N–H and O–H groups in total. The summed E-state index contributed by atoms with van der Waals surface area (Å²) in [6.07, 6.45) is 0. The third kappa shape index (κ3) is 2.35. The molecule has 0 fully saturated rings. The molecule has 0 saturated heterocycles. The molecule has 94 valence electrons. The Morgan fingerprint density at radius 1 is 0.842 bits per heavy atom. The lowest BCUT2D eigenvalue weighted by Gasteiger charge is -2.06. The molecule has 3 rings (SSSR count). The van der Waals surface area contributed by atoms with Gasteiger partial charge < -0.3 is 0 Å². The molecule has 0 atom stereocenters. The standard InChI is InChI=1S/C14H9Cl2N3/c15-12-9-5-4-8-11(12)13-17-14(16)18-19(13)10-6-2-1-3-7-10/h1-9H. The molecule has 0 aliphatic heterocycles. The fourth-order valence-corrected chi connectivity index (χ4v) is 2.23. The van der Waals surface area contributed by atoms with E-state index in [0.29, 0.717) is 10.8 Å². The van der Waals surface area contributed by atoms with Gasteiger partial charge in [0.1, 0.15) is 0 Å². The van der Waals surface area contributed by atoms with Crippen LogP contribution in [0.1, 0.15) is 0 Å². The highest BCUT2D eigenvalue weighted by molar-refractivity contribution is 6.33. The van der Waals surface area contributed by atoms with Crippen LogP contribution in [0.5, 0.6) is 0 Å². The minimum atomic E-state index is 0.193. The highest BCUT2D eigenvalue weighted by atomic mass is 35.5. The van der Waals surface area contributed by atoms with Gasteiger partial charge in [-0.3, -0.25) is 0 Å². The molecule has 0 spiro atoms. The first-order valence-corrected chi connectivity index (χ1v) is 6.44. The first-order valence-electron chi connectivity index (χ1n) is 5.68. The lowest BCUT2D eigenvalue weighted by molar-refractivity contribution is 0.887. The van der Waals surface area contributed by atoms with Crippen LogP contribution in [0, 0.1) is 0 Å². The number of hydrogen-bond donors (Lipinski definition) is 0. The van der Waals surface area contributed by atoms with Crippen molar-refractivity contribution in [3.63, 3.8) is 0 Å². The van der Waals surface area contributed by atoms with Crippen LogP contribution in [-0.4, -0.2) is 14.8 Å². The zero-order valence-electron chi connectivity index (χ0n) is 9.79. The van der Waals surface area contributed by atoms with E-state index in [2.05, 4.69) is 10.1 Å². The highest BCUT2D eigenvalue weighted by Gasteiger charge is 2.14. The molecule has 0 aliphatic rings. The van der Waals surface area contributed by atoms with Gasteiger partial charge in [-0.1, -0.05) is 41.9 Å². The summed E-state index contributed by atoms with van der Waals surface area (Å²) < 4.78 is 1.68. The normalized spacial score (nSPS) is 10.6. The minimum Gasteiger partial charge on any atom is -0.212 e. The van der Waals surface area contributed by atoms with Gasteiger partial charge in [0.25, 0.3) is 0 Å². The lowest BCUT2D eigenvalue weighted by Crippen LogP contribution is -1.99. The number of nitrogens with zero attached hydrogens (tertiary/aromatic N) is 3. The van der Waals surface area contributed by atoms with Crippen molar-refractivity contribution < 1.29 is 0 Å². The van der Waals surface area contributed by atoms with Gasteiger partial charge in [-0.05, 0) is 35.9 Å². The molecule has 0 amide bonds. The summed E-state index contributed by atoms with van der Waals surface area (Å²) in [5.74, 6) is 0.627. The molecule has 0 bridgehead atoms. The van der Waals surface area contributed by atoms with E-state index in [0.717, 1.165) is 11.3 Å². The van der Waals surface area contributed by atoms with Crippen LogP contribution in [0.15, 0.2) is 54.6 Å². The number of halogens is 2. The molecule has 3 nitrogen and oxygen atoms in total. The van der Waals surface area contributed by atoms with Gasteiger partial charge >= 0.3 is 0 Å². The second-order valence-corrected chi connectivity index (χ2v) is 4.68. The number of benzene rings is 2. The highest BCUT2D eigenvalue weighted by Crippen LogP contribution is 2.28. The van der Waals surface area contributed by atoms with Crippen LogP contribution >= 0.6 is 23.2 Å². The predicted octanol–water partition coefficient (Wildman–Crippen LogP) is 4.24. The van der Waals surface area contributed by atoms with E-state index in [1.54, 1.807) is 4.68 Å². The Balaban J connectivity index is 2.21. The predicted molar refractivity (Wildman–Crippen MR) is 76.8 cm³/mol. The van der Waals surface area contributed by atoms with E-state index < -0.39 is 0 Å². The number of aromatic nitrogens is 3. The van der Waals surface area contributed by atoms with Gasteiger partial charge in [-0.25, -0.2) is 4.68 Å². The van der Waals surface area contributed by atoms with E-state index in [9.17, 15) is 0 Å². The molecule has 0 unspecified atom stereocenters. The summed E-state index contributed by atoms with van der Waals surface area (Å²) in [7, 11) is 0. The molecule has 5 heteroatoms. The van der Waals surface area contributed by atoms with Crippen LogP contribution in [0.3, 0.4) is 0 Å². The van der Waals surface area contributed by atoms with Crippen molar-refractivity contribution in [1.82, 2.24) is 14.8 Å². The zero-order chi connectivity index (χ0) is 13.2. The summed E-state index contributed by atoms with van der Waals surface area (Å²) >= 11 is 12.1. The summed E-state index contributed by atoms with van der Waals surface area (Å²) in [5, 5.41) is 5.02. The van der Waals surface area contributed by atoms with Gasteiger partial charge in [0.15, 0.2) is 5.82 Å². The van der Waals surface area contributed by atoms with Gasteiger partial charge in [0.2, 0.25) is 5.28 Å². The van der Waals surface area contributed by atoms with Crippen molar-refractivity contribution in [2.24, 2.45) is 0 Å². The van der Waals surface area contributed by atoms with Crippen LogP contribution in [0.25, 0.3) is 17.1 Å². The molecular weight excluding hydrogens is 281 g/mol. The topological polar surface area (TPSA) is 30.7 Å². The van der Waals surface area contributed by atoms with E-state index in [1.165, 1.54) is 0 Å². The lowest BCUT2D eigenvalue weighted by atomic mass is 10.2. The third-order valence-electron chi connectivity index (χ3n) is 2.70. The Hall–Kier alpha value is -1.84. The first kappa shape index (κ1) is 12.2. The maximum Gasteiger partial charge on any atom is 0.243 e. The van der Waals surface area contributed by atoms with Gasteiger partial charge in [-0.2, -0.15) is 4.98 Å². The summed E-state index contributed by atoms with van der Waals surface area (Å²) in [4.78, 5) is 4.25. The van der Waals surface area contributed by atoms with Crippen LogP contribution in [0.4, 0.5) is 0 Å². The van der Waals surface area contributed by atoms with Crippen LogP contribution in [0.2, 0.25) is 10.3 Å². The monoisotopic (exact) mass is 289 g/mol. The number of rotatable bonds is 2. The van der Waals surface area contributed by atoms with Gasteiger partial charge in [-0.15, -0.1) is 5.10 Å². The van der Waals surface area contributed by atoms with Crippen LogP contribution < -0.4 is 0 Å². The maximum atomic E-state index is 6.20. The first-order chi connectivity index (χ1) is 9.25. The van der Waals surface area contributed by atoms with Crippen molar-refractivity contribution in [2.75, 3.05) is 0 Å². The Kier molecular flexibility index (Phi) is 3.23. The van der Waals surface area contributed by atoms with E-state index in [-0.39, 0.29) is 5.28 Å². The number of hydrogen-bond acceptors (Lipinski definition) is 2. The summed E-state index contributed by atoms with van der Waals surface area (Å²) in [6.45, 7) is 0. The van der Waals surface area contributed by atoms with Crippen molar-refractivity contribution in [3.8, 4) is 17.1 Å². The van der Waals surface area contributed by atoms with Gasteiger partial charge in [0, 0.05) is 5.56 Å². The minimum absolute atomic E-state index is 0.193. The SMILES string of the molecule is Clc1nc(-c2ccccc2Cl)n(-c2ccccc2)n1. The average Bonchev–Trinajstić information content (AvgIpc) is 2.82. The second kappa shape index (κ2) is 5.03. The van der Waals surface area contributed by atoms with Crippen molar-refractivity contribution in [1.29, 1.82) is 0 Å². The molecule has 1 aromatic heterocycles. The van der Waals surface area contributed by atoms with Crippen LogP contribution in [-0.2, 0) is 0 Å². The van der Waals surface area contributed by atoms with Crippen molar-refractivity contribution in [2.45, 2.75) is 0 Å². The van der Waals surface area contributed by atoms with E-state index >= 15 is 0 Å². The van der Waals surface area contributed by atoms with E-state index in [4.69, 9.17) is 23.2 Å². The third-order valence-corrected chi connectivity index (χ3v) is 3.19. The molecule has 1 heterocycles. The van der Waals surface area contributed by atoms with Crippen molar-refractivity contribution in [3.05, 3.63) is 64.9 Å². The maximum absolute atomic E-state index is 6.20. The molecule has 2 aromatic carbocycles. The Morgan fingerprint density at radius 2 is 1.53 bits per heavy atom. The molecule has 19 heavy (non-hydrogen) atoms. The van der Waals surface area contributed by atoms with Gasteiger partial charge in [0.05, 0.1) is 10.7 Å². The quantitative estimate of drug-likeness (QED) is 0.706. The fraction of sp³-hybridized carbons (Fsp3) is 0. The summed E-state index contributed by atoms with van der Waals surface area (Å²) in [6, 6.07) is 17.2. The molecule has 0 radical (unpaired) electrons. The Morgan fingerprint density at radius 3 is 2.26 bits per heavy atom. The number of para-hydroxylation sites is 1. The van der Waals surface area contributed by atoms with Crippen molar-refractivity contribution >= 4 is 23.2 Å². The molecule has 0 aliphatic carbocycles. The Bertz CT molecular complexity index is 708. The second-order valence-electron chi connectivity index (χ2n) is 3.93. The molecular formula is C14H9Cl2N3. The van der Waals surface area contributed by atoms with E-state index in [1.807, 2.05) is 54.6 Å². The molecule has 0 saturated carbocycles. The summed E-state index contributed by atoms with van der Waals surface area (Å²) in [5.41, 5.74) is 1.68. The Labute approximate surface area is 120 Å². The average molecular weight is 290 g/mol.